The van der Waals surface area contributed by atoms with Crippen LogP contribution in [0.1, 0.15) is 12.8 Å². The Bertz CT molecular complexity index is 112. The number of hydrogen-bond donors (Lipinski definition) is 2. The molecule has 0 aromatic rings. The topological polar surface area (TPSA) is 40.5 Å². The lowest BCUT2D eigenvalue weighted by molar-refractivity contribution is 0.182. The van der Waals surface area contributed by atoms with Crippen molar-refractivity contribution in [3.8, 4) is 0 Å². The minimum Gasteiger partial charge on any atom is -0.502 e. The number of aliphatic hydroxyl groups is 2. The summed E-state index contributed by atoms with van der Waals surface area (Å²) >= 11 is 4.35. The van der Waals surface area contributed by atoms with Gasteiger partial charge in [0.05, 0.1) is 6.10 Å². The van der Waals surface area contributed by atoms with Gasteiger partial charge in [-0.1, -0.05) is 6.08 Å². The van der Waals surface area contributed by atoms with Gasteiger partial charge in [0.2, 0.25) is 0 Å². The maximum atomic E-state index is 8.90. The predicted octanol–water partition coefficient (Wildman–Crippen LogP) is 1.20. The van der Waals surface area contributed by atoms with E-state index in [2.05, 4.69) is 18.8 Å². The van der Waals surface area contributed by atoms with Gasteiger partial charge in [0.1, 0.15) is 0 Å². The molecule has 0 radical (unpaired) electrons. The standard InChI is InChI=1S/C6H10O2S/c1-2-3-5(7)4-6(8)9/h2,5,7H,1,3-4H2,(H,8,9). The van der Waals surface area contributed by atoms with Crippen LogP contribution in [0.25, 0.3) is 0 Å². The van der Waals surface area contributed by atoms with Crippen molar-refractivity contribution >= 4 is 17.3 Å². The first-order chi connectivity index (χ1) is 4.16. The summed E-state index contributed by atoms with van der Waals surface area (Å²) in [6.07, 6.45) is 1.66. The monoisotopic (exact) mass is 146 g/mol. The van der Waals surface area contributed by atoms with Gasteiger partial charge in [0.15, 0.2) is 5.05 Å². The Hall–Kier alpha value is -0.410. The van der Waals surface area contributed by atoms with Crippen LogP contribution < -0.4 is 0 Å². The Morgan fingerprint density at radius 1 is 1.78 bits per heavy atom. The van der Waals surface area contributed by atoms with Crippen molar-refractivity contribution in [1.29, 1.82) is 0 Å². The van der Waals surface area contributed by atoms with E-state index < -0.39 is 6.10 Å². The molecule has 52 valence electrons. The van der Waals surface area contributed by atoms with E-state index in [4.69, 9.17) is 10.2 Å². The molecule has 0 aliphatic rings. The van der Waals surface area contributed by atoms with Crippen LogP contribution in [0.5, 0.6) is 0 Å². The predicted molar refractivity (Wildman–Crippen MR) is 40.7 cm³/mol. The highest BCUT2D eigenvalue weighted by atomic mass is 32.1. The third kappa shape index (κ3) is 5.46. The Kier molecular flexibility index (Phi) is 4.26. The molecule has 1 unspecified atom stereocenters. The summed E-state index contributed by atoms with van der Waals surface area (Å²) in [5.41, 5.74) is 0. The molecule has 2 N–H and O–H groups in total. The van der Waals surface area contributed by atoms with E-state index >= 15 is 0 Å². The second-order valence-corrected chi connectivity index (χ2v) is 2.25. The summed E-state index contributed by atoms with van der Waals surface area (Å²) in [4.78, 5) is 0. The fourth-order valence-corrected chi connectivity index (χ4v) is 0.670. The minimum absolute atomic E-state index is 0.149. The van der Waals surface area contributed by atoms with Crippen molar-refractivity contribution in [3.63, 3.8) is 0 Å². The molecule has 0 aliphatic carbocycles. The van der Waals surface area contributed by atoms with Crippen LogP contribution in [0.15, 0.2) is 12.7 Å². The zero-order chi connectivity index (χ0) is 7.28. The fraction of sp³-hybridized carbons (Fsp3) is 0.500. The second kappa shape index (κ2) is 4.47. The Morgan fingerprint density at radius 2 is 2.33 bits per heavy atom. The summed E-state index contributed by atoms with van der Waals surface area (Å²) < 4.78 is 0. The van der Waals surface area contributed by atoms with Gasteiger partial charge < -0.3 is 10.2 Å². The molecule has 0 aromatic heterocycles. The van der Waals surface area contributed by atoms with Crippen molar-refractivity contribution in [2.24, 2.45) is 0 Å². The van der Waals surface area contributed by atoms with Crippen molar-refractivity contribution in [2.75, 3.05) is 0 Å². The van der Waals surface area contributed by atoms with E-state index in [1.165, 1.54) is 0 Å². The molecule has 0 fully saturated rings. The zero-order valence-electron chi connectivity index (χ0n) is 5.08. The van der Waals surface area contributed by atoms with E-state index in [0.717, 1.165) is 0 Å². The van der Waals surface area contributed by atoms with E-state index in [0.29, 0.717) is 6.42 Å². The highest BCUT2D eigenvalue weighted by molar-refractivity contribution is 7.80. The fourth-order valence-electron chi connectivity index (χ4n) is 0.477. The molecule has 0 rings (SSSR count). The van der Waals surface area contributed by atoms with E-state index in [9.17, 15) is 0 Å². The van der Waals surface area contributed by atoms with Gasteiger partial charge in [-0.25, -0.2) is 0 Å². The van der Waals surface area contributed by atoms with Gasteiger partial charge in [0, 0.05) is 6.42 Å². The van der Waals surface area contributed by atoms with Crippen molar-refractivity contribution in [2.45, 2.75) is 18.9 Å². The Labute approximate surface area is 59.8 Å². The molecule has 0 saturated carbocycles. The maximum Gasteiger partial charge on any atom is 0.159 e. The molecular formula is C6H10O2S. The quantitative estimate of drug-likeness (QED) is 0.462. The van der Waals surface area contributed by atoms with E-state index in [-0.39, 0.29) is 11.5 Å². The number of thiocarbonyl (C=S) groups is 1. The van der Waals surface area contributed by atoms with Gasteiger partial charge in [-0.3, -0.25) is 0 Å². The average Bonchev–Trinajstić information content (AvgIpc) is 1.63. The molecule has 0 saturated heterocycles. The normalized spacial score (nSPS) is 12.6. The molecule has 1 atom stereocenters. The van der Waals surface area contributed by atoms with Crippen LogP contribution in [-0.2, 0) is 0 Å². The highest BCUT2D eigenvalue weighted by Gasteiger charge is 2.02. The molecule has 0 heterocycles. The summed E-state index contributed by atoms with van der Waals surface area (Å²) in [6.45, 7) is 3.42. The van der Waals surface area contributed by atoms with Crippen molar-refractivity contribution in [1.82, 2.24) is 0 Å². The number of hydrogen-bond acceptors (Lipinski definition) is 2. The van der Waals surface area contributed by atoms with Gasteiger partial charge in [-0.2, -0.15) is 0 Å². The molecule has 0 aliphatic heterocycles. The Morgan fingerprint density at radius 3 is 2.67 bits per heavy atom. The first-order valence-corrected chi connectivity index (χ1v) is 3.08. The first kappa shape index (κ1) is 8.59. The van der Waals surface area contributed by atoms with Crippen LogP contribution >= 0.6 is 12.2 Å². The molecule has 0 spiro atoms. The maximum absolute atomic E-state index is 8.90. The first-order valence-electron chi connectivity index (χ1n) is 2.67. The highest BCUT2D eigenvalue weighted by Crippen LogP contribution is 1.98. The molecule has 0 bridgehead atoms. The number of rotatable bonds is 4. The molecule has 2 nitrogen and oxygen atoms in total. The average molecular weight is 146 g/mol. The molecular weight excluding hydrogens is 136 g/mol. The van der Waals surface area contributed by atoms with Crippen LogP contribution in [0.3, 0.4) is 0 Å². The summed E-state index contributed by atoms with van der Waals surface area (Å²) in [6, 6.07) is 0. The van der Waals surface area contributed by atoms with Gasteiger partial charge in [-0.15, -0.1) is 6.58 Å². The lowest BCUT2D eigenvalue weighted by atomic mass is 10.2. The summed E-state index contributed by atoms with van der Waals surface area (Å²) in [7, 11) is 0. The minimum atomic E-state index is -0.569. The Balaban J connectivity index is 3.37. The number of aliphatic hydroxyl groups excluding tert-OH is 2. The van der Waals surface area contributed by atoms with Crippen LogP contribution in [-0.4, -0.2) is 21.4 Å². The van der Waals surface area contributed by atoms with Crippen LogP contribution in [0, 0.1) is 0 Å². The lowest BCUT2D eigenvalue weighted by Crippen LogP contribution is -2.09. The van der Waals surface area contributed by atoms with Crippen molar-refractivity contribution < 1.29 is 10.2 Å². The molecule has 3 heteroatoms. The second-order valence-electron chi connectivity index (χ2n) is 1.78. The van der Waals surface area contributed by atoms with Gasteiger partial charge in [0.25, 0.3) is 0 Å². The largest absolute Gasteiger partial charge is 0.502 e. The third-order valence-electron chi connectivity index (χ3n) is 0.849. The van der Waals surface area contributed by atoms with Crippen LogP contribution in [0.2, 0.25) is 0 Å². The summed E-state index contributed by atoms with van der Waals surface area (Å²) in [5, 5.41) is 17.2. The SMILES string of the molecule is C=CCC(O)CC(O)=S. The van der Waals surface area contributed by atoms with Crippen LogP contribution in [0.4, 0.5) is 0 Å². The van der Waals surface area contributed by atoms with Crippen molar-refractivity contribution in [3.05, 3.63) is 12.7 Å². The zero-order valence-corrected chi connectivity index (χ0v) is 5.90. The van der Waals surface area contributed by atoms with Gasteiger partial charge >= 0.3 is 0 Å². The third-order valence-corrected chi connectivity index (χ3v) is 1.02. The van der Waals surface area contributed by atoms with Gasteiger partial charge in [-0.05, 0) is 18.6 Å². The lowest BCUT2D eigenvalue weighted by Gasteiger charge is -2.03. The summed E-state index contributed by atoms with van der Waals surface area (Å²) in [5.74, 6) is 0. The molecule has 0 aromatic carbocycles. The van der Waals surface area contributed by atoms with E-state index in [1.807, 2.05) is 0 Å². The smallest absolute Gasteiger partial charge is 0.159 e. The molecule has 9 heavy (non-hydrogen) atoms. The molecule has 0 amide bonds. The van der Waals surface area contributed by atoms with E-state index in [1.54, 1.807) is 6.08 Å².